The van der Waals surface area contributed by atoms with Crippen LogP contribution < -0.4 is 5.32 Å². The van der Waals surface area contributed by atoms with Crippen LogP contribution in [0.1, 0.15) is 44.0 Å². The number of urea groups is 1. The van der Waals surface area contributed by atoms with Crippen LogP contribution in [0.5, 0.6) is 0 Å². The van der Waals surface area contributed by atoms with Gasteiger partial charge < -0.3 is 20.2 Å². The third kappa shape index (κ3) is 9.15. The van der Waals surface area contributed by atoms with Crippen LogP contribution in [0.2, 0.25) is 0 Å². The maximum absolute atomic E-state index is 14.0. The van der Waals surface area contributed by atoms with Crippen molar-refractivity contribution >= 4 is 49.2 Å². The molecule has 0 saturated carbocycles. The summed E-state index contributed by atoms with van der Waals surface area (Å²) in [5.74, 6) is -0.613. The zero-order chi connectivity index (χ0) is 33.6. The van der Waals surface area contributed by atoms with Crippen LogP contribution >= 0.6 is 27.3 Å². The number of aryl methyl sites for hydroxylation is 1. The molecular weight excluding hydrogens is 690 g/mol. The van der Waals surface area contributed by atoms with Gasteiger partial charge in [0.05, 0.1) is 34.3 Å². The second-order valence-electron chi connectivity index (χ2n) is 12.5. The fourth-order valence-electron chi connectivity index (χ4n) is 5.68. The molecule has 46 heavy (non-hydrogen) atoms. The Balaban J connectivity index is 1.56. The molecule has 3 aromatic rings. The smallest absolute Gasteiger partial charge is 0.321 e. The summed E-state index contributed by atoms with van der Waals surface area (Å²) in [6.45, 7) is 10.7. The van der Waals surface area contributed by atoms with E-state index in [0.717, 1.165) is 20.7 Å². The van der Waals surface area contributed by atoms with E-state index in [1.165, 1.54) is 27.8 Å². The number of halogens is 1. The Kier molecular flexibility index (Phi) is 12.4. The number of aliphatic hydroxyl groups is 1. The molecule has 10 nitrogen and oxygen atoms in total. The quantitative estimate of drug-likeness (QED) is 0.229. The van der Waals surface area contributed by atoms with Gasteiger partial charge in [0.2, 0.25) is 15.9 Å². The Hall–Kier alpha value is -2.84. The summed E-state index contributed by atoms with van der Waals surface area (Å²) in [5.41, 5.74) is 1.69. The maximum Gasteiger partial charge on any atom is 0.321 e. The Labute approximate surface area is 285 Å². The Morgan fingerprint density at radius 1 is 1.07 bits per heavy atom. The van der Waals surface area contributed by atoms with Crippen LogP contribution in [-0.2, 0) is 27.8 Å². The van der Waals surface area contributed by atoms with Crippen molar-refractivity contribution in [2.24, 2.45) is 11.8 Å². The Morgan fingerprint density at radius 3 is 2.33 bits per heavy atom. The molecule has 0 unspecified atom stereocenters. The first-order chi connectivity index (χ1) is 21.8. The maximum atomic E-state index is 14.0. The Morgan fingerprint density at radius 2 is 1.74 bits per heavy atom. The predicted molar refractivity (Wildman–Crippen MR) is 184 cm³/mol. The molecule has 0 radical (unpaired) electrons. The first-order valence-electron chi connectivity index (χ1n) is 15.5. The standard InChI is InChI=1S/C33H44BrN5O5S2/c1-22(2)18-38(46(43,44)28-13-11-26(34)12-14-28)20-30(40)29(17-25-9-7-6-8-10-25)36-32(41)31(23(3)4)39-16-15-37(33(39)42)19-27-21-45-24(5)35-27/h6-14,21-23,29-31,40H,15-20H2,1-5H3,(H,36,41)/t29-,30+,31-/m0/s1. The summed E-state index contributed by atoms with van der Waals surface area (Å²) < 4.78 is 29.5. The molecule has 2 heterocycles. The molecular formula is C33H44BrN5O5S2. The number of aliphatic hydroxyl groups excluding tert-OH is 1. The van der Waals surface area contributed by atoms with E-state index < -0.39 is 28.2 Å². The molecule has 0 spiro atoms. The van der Waals surface area contributed by atoms with Gasteiger partial charge in [-0.25, -0.2) is 18.2 Å². The van der Waals surface area contributed by atoms with E-state index in [2.05, 4.69) is 26.2 Å². The van der Waals surface area contributed by atoms with Gasteiger partial charge in [-0.3, -0.25) is 4.79 Å². The molecule has 1 aromatic heterocycles. The van der Waals surface area contributed by atoms with Gasteiger partial charge >= 0.3 is 6.03 Å². The minimum absolute atomic E-state index is 0.0118. The lowest BCUT2D eigenvalue weighted by molar-refractivity contribution is -0.128. The normalized spacial score (nSPS) is 16.0. The molecule has 1 aliphatic rings. The summed E-state index contributed by atoms with van der Waals surface area (Å²) in [4.78, 5) is 35.4. The van der Waals surface area contributed by atoms with Crippen LogP contribution in [0.25, 0.3) is 0 Å². The fraction of sp³-hybridized carbons (Fsp3) is 0.485. The van der Waals surface area contributed by atoms with Gasteiger partial charge in [0.1, 0.15) is 6.04 Å². The second kappa shape index (κ2) is 15.8. The van der Waals surface area contributed by atoms with E-state index >= 15 is 0 Å². The largest absolute Gasteiger partial charge is 0.390 e. The van der Waals surface area contributed by atoms with Crippen LogP contribution in [0.4, 0.5) is 4.79 Å². The van der Waals surface area contributed by atoms with Gasteiger partial charge in [0.25, 0.3) is 0 Å². The number of nitrogens with one attached hydrogen (secondary N) is 1. The number of amides is 3. The van der Waals surface area contributed by atoms with Crippen LogP contribution in [0.15, 0.2) is 69.3 Å². The van der Waals surface area contributed by atoms with Gasteiger partial charge in [0, 0.05) is 36.0 Å². The van der Waals surface area contributed by atoms with E-state index in [1.807, 2.05) is 70.3 Å². The summed E-state index contributed by atoms with van der Waals surface area (Å²) in [6.07, 6.45) is -0.963. The van der Waals surface area contributed by atoms with E-state index in [-0.39, 0.29) is 48.2 Å². The minimum Gasteiger partial charge on any atom is -0.390 e. The first kappa shape index (κ1) is 36.0. The van der Waals surface area contributed by atoms with Crippen molar-refractivity contribution in [1.82, 2.24) is 24.4 Å². The lowest BCUT2D eigenvalue weighted by Crippen LogP contribution is -2.57. The van der Waals surface area contributed by atoms with Crippen molar-refractivity contribution in [2.45, 2.75) is 70.7 Å². The molecule has 4 rings (SSSR count). The summed E-state index contributed by atoms with van der Waals surface area (Å²) >= 11 is 4.88. The monoisotopic (exact) mass is 733 g/mol. The van der Waals surface area contributed by atoms with Crippen molar-refractivity contribution < 1.29 is 23.1 Å². The van der Waals surface area contributed by atoms with E-state index in [0.29, 0.717) is 19.6 Å². The summed E-state index contributed by atoms with van der Waals surface area (Å²) in [6, 6.07) is 14.0. The molecule has 0 aliphatic carbocycles. The van der Waals surface area contributed by atoms with Gasteiger partial charge in [0.15, 0.2) is 0 Å². The van der Waals surface area contributed by atoms with Crippen molar-refractivity contribution in [3.8, 4) is 0 Å². The highest BCUT2D eigenvalue weighted by atomic mass is 79.9. The van der Waals surface area contributed by atoms with Crippen molar-refractivity contribution in [2.75, 3.05) is 26.2 Å². The van der Waals surface area contributed by atoms with E-state index in [9.17, 15) is 23.1 Å². The average molecular weight is 735 g/mol. The Bertz CT molecular complexity index is 1570. The van der Waals surface area contributed by atoms with Crippen LogP contribution in [0, 0.1) is 18.8 Å². The fourth-order valence-corrected chi connectivity index (χ4v) is 8.17. The molecule has 2 N–H and O–H groups in total. The number of aromatic nitrogens is 1. The van der Waals surface area contributed by atoms with Crippen molar-refractivity contribution in [3.05, 3.63) is 80.7 Å². The van der Waals surface area contributed by atoms with Gasteiger partial charge in [-0.1, -0.05) is 74.0 Å². The number of nitrogens with zero attached hydrogens (tertiary/aromatic N) is 4. The molecule has 2 aromatic carbocycles. The van der Waals surface area contributed by atoms with E-state index in [4.69, 9.17) is 0 Å². The van der Waals surface area contributed by atoms with Crippen molar-refractivity contribution in [3.63, 3.8) is 0 Å². The summed E-state index contributed by atoms with van der Waals surface area (Å²) in [5, 5.41) is 17.6. The number of thiazole rings is 1. The topological polar surface area (TPSA) is 123 Å². The zero-order valence-electron chi connectivity index (χ0n) is 27.0. The minimum atomic E-state index is -3.95. The highest BCUT2D eigenvalue weighted by Crippen LogP contribution is 2.24. The molecule has 250 valence electrons. The highest BCUT2D eigenvalue weighted by Gasteiger charge is 2.40. The molecule has 1 fully saturated rings. The molecule has 3 amide bonds. The lowest BCUT2D eigenvalue weighted by atomic mass is 9.97. The summed E-state index contributed by atoms with van der Waals surface area (Å²) in [7, 11) is -3.95. The predicted octanol–water partition coefficient (Wildman–Crippen LogP) is 4.91. The van der Waals surface area contributed by atoms with Gasteiger partial charge in [-0.05, 0) is 55.0 Å². The number of sulfonamides is 1. The zero-order valence-corrected chi connectivity index (χ0v) is 30.2. The average Bonchev–Trinajstić information content (AvgIpc) is 3.57. The SMILES string of the molecule is Cc1nc(CN2CCN([C@H](C(=O)N[C@@H](Cc3ccccc3)[C@H](O)CN(CC(C)C)S(=O)(=O)c3ccc(Br)cc3)C(C)C)C2=O)cs1. The third-order valence-electron chi connectivity index (χ3n) is 7.88. The number of benzene rings is 2. The number of rotatable bonds is 15. The van der Waals surface area contributed by atoms with Gasteiger partial charge in [-0.15, -0.1) is 11.3 Å². The van der Waals surface area contributed by atoms with Gasteiger partial charge in [-0.2, -0.15) is 4.31 Å². The molecule has 0 bridgehead atoms. The number of hydrogen-bond donors (Lipinski definition) is 2. The number of carbonyl (C=O) groups excluding carboxylic acids is 2. The molecule has 3 atom stereocenters. The lowest BCUT2D eigenvalue weighted by Gasteiger charge is -2.34. The molecule has 13 heteroatoms. The van der Waals surface area contributed by atoms with Crippen molar-refractivity contribution in [1.29, 1.82) is 0 Å². The first-order valence-corrected chi connectivity index (χ1v) is 18.6. The number of hydrogen-bond acceptors (Lipinski definition) is 7. The molecule has 1 saturated heterocycles. The third-order valence-corrected chi connectivity index (χ3v) is 11.1. The highest BCUT2D eigenvalue weighted by molar-refractivity contribution is 9.10. The van der Waals surface area contributed by atoms with Crippen LogP contribution in [-0.4, -0.2) is 88.9 Å². The van der Waals surface area contributed by atoms with E-state index in [1.54, 1.807) is 21.9 Å². The number of carbonyl (C=O) groups is 2. The van der Waals surface area contributed by atoms with Crippen LogP contribution in [0.3, 0.4) is 0 Å². The molecule has 1 aliphatic heterocycles. The second-order valence-corrected chi connectivity index (χ2v) is 16.4.